The van der Waals surface area contributed by atoms with Crippen LogP contribution in [-0.2, 0) is 22.4 Å². The maximum Gasteiger partial charge on any atom is 0.232 e. The average molecular weight is 649 g/mol. The molecule has 0 unspecified atom stereocenters. The van der Waals surface area contributed by atoms with Gasteiger partial charge in [0.1, 0.15) is 16.2 Å². The van der Waals surface area contributed by atoms with Gasteiger partial charge in [-0.3, -0.25) is 19.6 Å². The molecule has 15 heteroatoms. The molecule has 2 aliphatic heterocycles. The highest BCUT2D eigenvalue weighted by atomic mass is 32.1. The first-order valence-electron chi connectivity index (χ1n) is 15.1. The van der Waals surface area contributed by atoms with E-state index in [2.05, 4.69) is 52.8 Å². The first-order valence-corrected chi connectivity index (χ1v) is 16.8. The maximum atomic E-state index is 13.1. The molecule has 6 heterocycles. The molecular weight excluding hydrogens is 616 g/mol. The fourth-order valence-electron chi connectivity index (χ4n) is 5.95. The van der Waals surface area contributed by atoms with E-state index < -0.39 is 6.17 Å². The number of amides is 2. The Kier molecular flexibility index (Phi) is 8.36. The molecule has 2 N–H and O–H groups in total. The molecule has 0 spiro atoms. The molecule has 3 aliphatic rings. The molecule has 4 aromatic heterocycles. The van der Waals surface area contributed by atoms with E-state index in [0.717, 1.165) is 53.7 Å². The summed E-state index contributed by atoms with van der Waals surface area (Å²) in [6.07, 6.45) is 5.74. The largest absolute Gasteiger partial charge is 0.370 e. The Hall–Kier alpha value is -4.11. The number of hydrogen-bond acceptors (Lipinski definition) is 12. The summed E-state index contributed by atoms with van der Waals surface area (Å²) in [7, 11) is 0. The van der Waals surface area contributed by atoms with E-state index in [0.29, 0.717) is 40.7 Å². The molecule has 1 aliphatic carbocycles. The minimum absolute atomic E-state index is 0.114. The van der Waals surface area contributed by atoms with E-state index in [1.807, 2.05) is 29.3 Å². The Labute approximate surface area is 267 Å². The van der Waals surface area contributed by atoms with Crippen molar-refractivity contribution < 1.29 is 14.0 Å². The number of anilines is 4. The van der Waals surface area contributed by atoms with Gasteiger partial charge in [-0.25, -0.2) is 4.39 Å². The minimum Gasteiger partial charge on any atom is -0.370 e. The number of pyridine rings is 2. The Morgan fingerprint density at radius 1 is 0.778 bits per heavy atom. The molecule has 4 aromatic rings. The standard InChI is InChI=1S/C30H33FN10O2S2/c1-17-13-40(14-17)23-6-4-21(32-11-23)9-25(42)34-29-38-36-27(44-29)18-2-3-19(8-18)28-37-39-30(45-28)35-26(43)10-22-5-7-24(12-33-22)41-15-20(31)16-41/h4-7,11-12,17-20H,2-3,8-10,13-16H2,1H3,(H,34,38,42)(H,35,39,43)/t18-,19-/m0/s1. The van der Waals surface area contributed by atoms with Crippen LogP contribution < -0.4 is 20.4 Å². The van der Waals surface area contributed by atoms with Crippen molar-refractivity contribution in [3.63, 3.8) is 0 Å². The van der Waals surface area contributed by atoms with Crippen molar-refractivity contribution in [3.8, 4) is 0 Å². The number of alkyl halides is 1. The van der Waals surface area contributed by atoms with Gasteiger partial charge in [-0.1, -0.05) is 29.6 Å². The quantitative estimate of drug-likeness (QED) is 0.257. The second-order valence-corrected chi connectivity index (χ2v) is 14.1. The van der Waals surface area contributed by atoms with Gasteiger partial charge in [0.05, 0.1) is 49.7 Å². The Morgan fingerprint density at radius 3 is 1.69 bits per heavy atom. The van der Waals surface area contributed by atoms with E-state index in [-0.39, 0.29) is 36.5 Å². The zero-order chi connectivity index (χ0) is 30.9. The number of carbonyl (C=O) groups excluding carboxylic acids is 2. The third-order valence-electron chi connectivity index (χ3n) is 8.44. The average Bonchev–Trinajstić information content (AvgIpc) is 3.76. The number of rotatable bonds is 10. The van der Waals surface area contributed by atoms with Crippen LogP contribution in [-0.4, -0.2) is 74.5 Å². The van der Waals surface area contributed by atoms with Crippen molar-refractivity contribution in [2.75, 3.05) is 46.6 Å². The number of halogens is 1. The molecule has 234 valence electrons. The van der Waals surface area contributed by atoms with Gasteiger partial charge in [-0.05, 0) is 49.4 Å². The van der Waals surface area contributed by atoms with Crippen LogP contribution in [0.15, 0.2) is 36.7 Å². The van der Waals surface area contributed by atoms with Gasteiger partial charge in [0.2, 0.25) is 22.1 Å². The summed E-state index contributed by atoms with van der Waals surface area (Å²) < 4.78 is 13.1. The van der Waals surface area contributed by atoms with E-state index in [4.69, 9.17) is 0 Å². The predicted molar refractivity (Wildman–Crippen MR) is 171 cm³/mol. The van der Waals surface area contributed by atoms with Gasteiger partial charge in [0, 0.05) is 36.3 Å². The van der Waals surface area contributed by atoms with Crippen molar-refractivity contribution in [2.45, 2.75) is 57.0 Å². The highest BCUT2D eigenvalue weighted by molar-refractivity contribution is 7.15. The van der Waals surface area contributed by atoms with Crippen LogP contribution in [0.3, 0.4) is 0 Å². The van der Waals surface area contributed by atoms with E-state index in [1.54, 1.807) is 12.3 Å². The number of nitrogens with zero attached hydrogens (tertiary/aromatic N) is 8. The van der Waals surface area contributed by atoms with Crippen LogP contribution in [0, 0.1) is 5.92 Å². The molecule has 1 saturated carbocycles. The fraction of sp³-hybridized carbons (Fsp3) is 0.467. The van der Waals surface area contributed by atoms with Crippen LogP contribution in [0.4, 0.5) is 26.0 Å². The van der Waals surface area contributed by atoms with Crippen molar-refractivity contribution in [1.29, 1.82) is 0 Å². The van der Waals surface area contributed by atoms with Crippen LogP contribution in [0.25, 0.3) is 0 Å². The second-order valence-electron chi connectivity index (χ2n) is 12.1. The van der Waals surface area contributed by atoms with Crippen molar-refractivity contribution in [3.05, 3.63) is 58.1 Å². The normalized spacial score (nSPS) is 20.1. The SMILES string of the molecule is CC1CN(c2ccc(CC(=O)Nc3nnc([C@H]4CC[C@H](c5nnc(NC(=O)Cc6ccc(N7CC(F)C7)cn6)s5)C4)s3)nc2)C1. The van der Waals surface area contributed by atoms with Crippen molar-refractivity contribution in [2.24, 2.45) is 5.92 Å². The highest BCUT2D eigenvalue weighted by Gasteiger charge is 2.32. The fourth-order valence-corrected chi connectivity index (χ4v) is 7.76. The summed E-state index contributed by atoms with van der Waals surface area (Å²) in [6.45, 7) is 5.08. The molecule has 7 rings (SSSR count). The van der Waals surface area contributed by atoms with Crippen LogP contribution in [0.5, 0.6) is 0 Å². The number of aromatic nitrogens is 6. The molecule has 12 nitrogen and oxygen atoms in total. The van der Waals surface area contributed by atoms with E-state index in [1.165, 1.54) is 22.7 Å². The lowest BCUT2D eigenvalue weighted by atomic mass is 10.0. The van der Waals surface area contributed by atoms with Crippen LogP contribution in [0.1, 0.15) is 59.4 Å². The zero-order valence-corrected chi connectivity index (χ0v) is 26.4. The molecule has 45 heavy (non-hydrogen) atoms. The Bertz CT molecular complexity index is 1530. The van der Waals surface area contributed by atoms with Gasteiger partial charge in [0.15, 0.2) is 0 Å². The van der Waals surface area contributed by atoms with Gasteiger partial charge >= 0.3 is 0 Å². The van der Waals surface area contributed by atoms with Gasteiger partial charge in [0.25, 0.3) is 0 Å². The number of nitrogens with one attached hydrogen (secondary N) is 2. The summed E-state index contributed by atoms with van der Waals surface area (Å²) in [5, 5.41) is 25.6. The molecular formula is C30H33FN10O2S2. The summed E-state index contributed by atoms with van der Waals surface area (Å²) >= 11 is 2.80. The first kappa shape index (κ1) is 29.6. The summed E-state index contributed by atoms with van der Waals surface area (Å²) in [6, 6.07) is 7.58. The van der Waals surface area contributed by atoms with E-state index >= 15 is 0 Å². The predicted octanol–water partition coefficient (Wildman–Crippen LogP) is 4.21. The summed E-state index contributed by atoms with van der Waals surface area (Å²) in [4.78, 5) is 38.2. The number of hydrogen-bond donors (Lipinski definition) is 2. The molecule has 0 bridgehead atoms. The van der Waals surface area contributed by atoms with E-state index in [9.17, 15) is 14.0 Å². The Balaban J connectivity index is 0.866. The monoisotopic (exact) mass is 648 g/mol. The first-order chi connectivity index (χ1) is 21.8. The topological polar surface area (TPSA) is 142 Å². The minimum atomic E-state index is -0.782. The summed E-state index contributed by atoms with van der Waals surface area (Å²) in [5.74, 6) is 0.767. The van der Waals surface area contributed by atoms with Gasteiger partial charge in [-0.15, -0.1) is 20.4 Å². The number of carbonyl (C=O) groups is 2. The maximum absolute atomic E-state index is 13.1. The molecule has 0 aromatic carbocycles. The third kappa shape index (κ3) is 6.93. The third-order valence-corrected chi connectivity index (χ3v) is 10.4. The van der Waals surface area contributed by atoms with Gasteiger partial charge < -0.3 is 20.4 Å². The molecule has 3 fully saturated rings. The van der Waals surface area contributed by atoms with Crippen LogP contribution >= 0.6 is 22.7 Å². The lowest BCUT2D eigenvalue weighted by Gasteiger charge is -2.38. The Morgan fingerprint density at radius 2 is 1.27 bits per heavy atom. The zero-order valence-electron chi connectivity index (χ0n) is 24.7. The highest BCUT2D eigenvalue weighted by Crippen LogP contribution is 2.45. The van der Waals surface area contributed by atoms with Crippen molar-refractivity contribution in [1.82, 2.24) is 30.4 Å². The van der Waals surface area contributed by atoms with Crippen molar-refractivity contribution >= 4 is 56.1 Å². The lowest BCUT2D eigenvalue weighted by Crippen LogP contribution is -2.48. The molecule has 2 amide bonds. The molecule has 2 atom stereocenters. The summed E-state index contributed by atoms with van der Waals surface area (Å²) in [5.41, 5.74) is 3.30. The smallest absolute Gasteiger partial charge is 0.232 e. The molecule has 2 saturated heterocycles. The second kappa shape index (κ2) is 12.7. The van der Waals surface area contributed by atoms with Crippen LogP contribution in [0.2, 0.25) is 0 Å². The molecule has 0 radical (unpaired) electrons. The van der Waals surface area contributed by atoms with Gasteiger partial charge in [-0.2, -0.15) is 0 Å². The lowest BCUT2D eigenvalue weighted by molar-refractivity contribution is -0.116.